The van der Waals surface area contributed by atoms with Crippen LogP contribution in [0.3, 0.4) is 0 Å². The number of para-hydroxylation sites is 3. The predicted molar refractivity (Wildman–Crippen MR) is 448 cm³/mol. The van der Waals surface area contributed by atoms with Crippen molar-refractivity contribution in [3.05, 3.63) is 413 Å². The smallest absolute Gasteiger partial charge is 0.143 e. The summed E-state index contributed by atoms with van der Waals surface area (Å²) in [6.07, 6.45) is 0. The Kier molecular flexibility index (Phi) is 16.6. The Morgan fingerprint density at radius 1 is 0.150 bits per heavy atom. The van der Waals surface area contributed by atoms with Crippen LogP contribution in [0.1, 0.15) is 0 Å². The van der Waals surface area contributed by atoms with Gasteiger partial charge in [0.25, 0.3) is 0 Å². The molecule has 0 unspecified atom stereocenters. The summed E-state index contributed by atoms with van der Waals surface area (Å²) in [5.74, 6) is 0. The fourth-order valence-electron chi connectivity index (χ4n) is 15.3. The van der Waals surface area contributed by atoms with Crippen LogP contribution >= 0.6 is 0 Å². The summed E-state index contributed by atoms with van der Waals surface area (Å²) in [7, 11) is 0. The molecule has 0 radical (unpaired) electrons. The average molecular weight is 1370 g/mol. The summed E-state index contributed by atoms with van der Waals surface area (Å²) in [6, 6.07) is 146. The average Bonchev–Trinajstić information content (AvgIpc) is 1.59. The maximum atomic E-state index is 6.54. The Morgan fingerprint density at radius 2 is 0.411 bits per heavy atom. The van der Waals surface area contributed by atoms with Gasteiger partial charge in [0, 0.05) is 78.1 Å². The van der Waals surface area contributed by atoms with Crippen molar-refractivity contribution in [3.63, 3.8) is 0 Å². The number of anilines is 6. The van der Waals surface area contributed by atoms with Crippen molar-refractivity contribution in [1.82, 2.24) is 0 Å². The van der Waals surface area contributed by atoms with Crippen LogP contribution in [-0.2, 0) is 0 Å². The summed E-state index contributed by atoms with van der Waals surface area (Å²) < 4.78 is 19.0. The third-order valence-corrected chi connectivity index (χ3v) is 20.6. The molecule has 0 aliphatic carbocycles. The van der Waals surface area contributed by atoms with Crippen LogP contribution in [0.4, 0.5) is 34.1 Å². The van der Waals surface area contributed by atoms with Gasteiger partial charge in [-0.05, 0) is 181 Å². The van der Waals surface area contributed by atoms with E-state index in [0.29, 0.717) is 0 Å². The van der Waals surface area contributed by atoms with Crippen molar-refractivity contribution in [3.8, 4) is 89.0 Å². The summed E-state index contributed by atoms with van der Waals surface area (Å²) in [5.41, 5.74) is 30.7. The minimum atomic E-state index is 0.871. The van der Waals surface area contributed by atoms with E-state index in [9.17, 15) is 0 Å². The van der Waals surface area contributed by atoms with Gasteiger partial charge in [-0.1, -0.05) is 309 Å². The van der Waals surface area contributed by atoms with Gasteiger partial charge in [0.15, 0.2) is 0 Å². The van der Waals surface area contributed by atoms with E-state index >= 15 is 0 Å². The number of nitrogens with zero attached hydrogens (tertiary/aromatic N) is 2. The molecule has 0 amide bonds. The minimum Gasteiger partial charge on any atom is -0.456 e. The van der Waals surface area contributed by atoms with Crippen molar-refractivity contribution < 1.29 is 13.3 Å². The lowest BCUT2D eigenvalue weighted by molar-refractivity contribution is 0.668. The zero-order valence-electron chi connectivity index (χ0n) is 58.4. The molecule has 504 valence electrons. The van der Waals surface area contributed by atoms with Crippen LogP contribution < -0.4 is 9.80 Å². The molecule has 107 heavy (non-hydrogen) atoms. The van der Waals surface area contributed by atoms with Crippen LogP contribution in [0, 0.1) is 0 Å². The van der Waals surface area contributed by atoms with Crippen molar-refractivity contribution in [2.24, 2.45) is 0 Å². The molecule has 0 saturated heterocycles. The minimum absolute atomic E-state index is 0.871. The normalized spacial score (nSPS) is 11.4. The quantitative estimate of drug-likeness (QED) is 0.109. The number of furan rings is 3. The van der Waals surface area contributed by atoms with E-state index < -0.39 is 0 Å². The third-order valence-electron chi connectivity index (χ3n) is 20.6. The fourth-order valence-corrected chi connectivity index (χ4v) is 15.3. The van der Waals surface area contributed by atoms with E-state index in [2.05, 4.69) is 386 Å². The Bertz CT molecular complexity index is 6450. The van der Waals surface area contributed by atoms with Gasteiger partial charge >= 0.3 is 0 Å². The lowest BCUT2D eigenvalue weighted by Gasteiger charge is -2.26. The highest BCUT2D eigenvalue weighted by Gasteiger charge is 2.21. The zero-order valence-corrected chi connectivity index (χ0v) is 58.4. The lowest BCUT2D eigenvalue weighted by atomic mass is 9.96. The highest BCUT2D eigenvalue weighted by molar-refractivity contribution is 6.16. The summed E-state index contributed by atoms with van der Waals surface area (Å²) in [6.45, 7) is 0. The van der Waals surface area contributed by atoms with E-state index in [0.717, 1.165) is 128 Å². The van der Waals surface area contributed by atoms with Crippen molar-refractivity contribution in [1.29, 1.82) is 0 Å². The Morgan fingerprint density at radius 3 is 0.850 bits per heavy atom. The molecule has 17 aromatic carbocycles. The molecule has 5 nitrogen and oxygen atoms in total. The van der Waals surface area contributed by atoms with E-state index in [1.54, 1.807) is 0 Å². The number of benzene rings is 17. The van der Waals surface area contributed by atoms with Crippen LogP contribution in [-0.4, -0.2) is 0 Å². The molecular formula is C102H68N2O3. The molecule has 3 heterocycles. The van der Waals surface area contributed by atoms with Gasteiger partial charge in [0.1, 0.15) is 33.5 Å². The van der Waals surface area contributed by atoms with Gasteiger partial charge in [-0.3, -0.25) is 0 Å². The molecule has 0 saturated carbocycles. The van der Waals surface area contributed by atoms with Crippen molar-refractivity contribution in [2.45, 2.75) is 0 Å². The topological polar surface area (TPSA) is 45.9 Å². The fraction of sp³-hybridized carbons (Fsp3) is 0. The molecule has 3 aromatic heterocycles. The predicted octanol–water partition coefficient (Wildman–Crippen LogP) is 29.3. The molecule has 20 rings (SSSR count). The Hall–Kier alpha value is -14.3. The van der Waals surface area contributed by atoms with Gasteiger partial charge in [0.2, 0.25) is 0 Å². The molecule has 0 bridgehead atoms. The second-order valence-corrected chi connectivity index (χ2v) is 27.0. The SMILES string of the molecule is c1ccc(-c2ccc(N(c3ccc(-c4ccc(-c5cccc6oc7ccccc7c56)cc4)cc3)c3ccc4c(c3)oc3ccccc34)cc2)cc1.c1ccc(-c2ccc(N(c3ccc(-c4ccccc4)cc3)c3ccc(-c4ccc(-c5cccc6oc7c(-c8ccccc8)cccc7c56)cc4)cc3)cc2)cc1. The summed E-state index contributed by atoms with van der Waals surface area (Å²) in [4.78, 5) is 4.62. The zero-order chi connectivity index (χ0) is 71.0. The van der Waals surface area contributed by atoms with Crippen molar-refractivity contribution >= 4 is 99.9 Å². The first-order valence-corrected chi connectivity index (χ1v) is 36.3. The lowest BCUT2D eigenvalue weighted by Crippen LogP contribution is -2.09. The molecule has 20 aromatic rings. The second kappa shape index (κ2) is 27.8. The third kappa shape index (κ3) is 12.3. The Labute approximate surface area is 620 Å². The molecule has 0 spiro atoms. The summed E-state index contributed by atoms with van der Waals surface area (Å²) in [5, 5.41) is 6.81. The van der Waals surface area contributed by atoms with Gasteiger partial charge in [-0.2, -0.15) is 0 Å². The molecule has 0 atom stereocenters. The van der Waals surface area contributed by atoms with Crippen LogP contribution in [0.25, 0.3) is 155 Å². The molecule has 0 N–H and O–H groups in total. The van der Waals surface area contributed by atoms with Crippen LogP contribution in [0.5, 0.6) is 0 Å². The number of hydrogen-bond acceptors (Lipinski definition) is 5. The first kappa shape index (κ1) is 63.6. The van der Waals surface area contributed by atoms with Crippen molar-refractivity contribution in [2.75, 3.05) is 9.80 Å². The highest BCUT2D eigenvalue weighted by Crippen LogP contribution is 2.45. The van der Waals surface area contributed by atoms with E-state index in [1.165, 1.54) is 61.2 Å². The van der Waals surface area contributed by atoms with E-state index in [-0.39, 0.29) is 0 Å². The van der Waals surface area contributed by atoms with Crippen LogP contribution in [0.15, 0.2) is 426 Å². The van der Waals surface area contributed by atoms with Gasteiger partial charge in [-0.15, -0.1) is 0 Å². The first-order valence-electron chi connectivity index (χ1n) is 36.3. The van der Waals surface area contributed by atoms with Gasteiger partial charge in [-0.25, -0.2) is 0 Å². The van der Waals surface area contributed by atoms with E-state index in [1.807, 2.05) is 36.4 Å². The molecule has 5 heteroatoms. The first-order chi connectivity index (χ1) is 53.0. The molecule has 0 aliphatic heterocycles. The number of rotatable bonds is 14. The molecular weight excluding hydrogens is 1300 g/mol. The van der Waals surface area contributed by atoms with Gasteiger partial charge < -0.3 is 23.1 Å². The molecule has 0 fully saturated rings. The van der Waals surface area contributed by atoms with Gasteiger partial charge in [0.05, 0.1) is 0 Å². The van der Waals surface area contributed by atoms with E-state index in [4.69, 9.17) is 13.3 Å². The second-order valence-electron chi connectivity index (χ2n) is 27.0. The monoisotopic (exact) mass is 1370 g/mol. The number of fused-ring (bicyclic) bond motifs is 9. The highest BCUT2D eigenvalue weighted by atomic mass is 16.3. The maximum Gasteiger partial charge on any atom is 0.143 e. The largest absolute Gasteiger partial charge is 0.456 e. The standard InChI is InChI=1S/C54H37NO.C48H31NO2/c1-4-12-38(13-5-1)41-26-32-46(33-27-41)55(47-34-28-42(29-35-47)39-14-6-2-7-15-39)48-36-30-43(31-37-48)40-22-24-45(25-23-40)49-18-11-21-52-53(49)51-20-10-19-50(54(51)56-52)44-16-8-3-9-17-44;1-2-9-32(10-3-1)34-21-25-37(26-22-34)49(39-29-30-42-41-11-4-6-14-44(41)51-47(42)31-39)38-27-23-35(24-28-38)33-17-19-36(20-18-33)40-13-8-16-46-48(40)43-12-5-7-15-45(43)50-46/h1-37H;1-31H. The summed E-state index contributed by atoms with van der Waals surface area (Å²) >= 11 is 0. The van der Waals surface area contributed by atoms with Crippen LogP contribution in [0.2, 0.25) is 0 Å². The maximum absolute atomic E-state index is 6.54. The molecule has 0 aliphatic rings. The Balaban J connectivity index is 0.000000147. The number of hydrogen-bond donors (Lipinski definition) is 0.